The fourth-order valence-corrected chi connectivity index (χ4v) is 2.02. The molecule has 0 aliphatic carbocycles. The van der Waals surface area contributed by atoms with Gasteiger partial charge in [0.25, 0.3) is 11.4 Å². The van der Waals surface area contributed by atoms with E-state index in [1.165, 1.54) is 36.4 Å². The summed E-state index contributed by atoms with van der Waals surface area (Å²) >= 11 is 0. The second kappa shape index (κ2) is 4.63. The molecule has 0 aliphatic rings. The van der Waals surface area contributed by atoms with E-state index < -0.39 is 9.85 Å². The second-order valence-corrected chi connectivity index (χ2v) is 4.25. The van der Waals surface area contributed by atoms with Crippen LogP contribution in [0.3, 0.4) is 0 Å². The van der Waals surface area contributed by atoms with E-state index in [0.29, 0.717) is 22.2 Å². The summed E-state index contributed by atoms with van der Waals surface area (Å²) in [5, 5.41) is 31.8. The van der Waals surface area contributed by atoms with Crippen molar-refractivity contribution in [3.05, 3.63) is 56.6 Å². The van der Waals surface area contributed by atoms with Crippen molar-refractivity contribution in [3.63, 3.8) is 0 Å². The lowest BCUT2D eigenvalue weighted by Crippen LogP contribution is -1.91. The number of rotatable bonds is 3. The van der Waals surface area contributed by atoms with Crippen LogP contribution in [0.15, 0.2) is 36.4 Å². The zero-order chi connectivity index (χ0) is 15.0. The quantitative estimate of drug-likeness (QED) is 0.581. The molecule has 0 atom stereocenters. The van der Waals surface area contributed by atoms with Gasteiger partial charge in [-0.05, 0) is 17.7 Å². The first-order valence-electron chi connectivity index (χ1n) is 5.80. The van der Waals surface area contributed by atoms with Crippen LogP contribution in [0.25, 0.3) is 22.2 Å². The Labute approximate surface area is 116 Å². The third-order valence-electron chi connectivity index (χ3n) is 3.01. The molecule has 21 heavy (non-hydrogen) atoms. The van der Waals surface area contributed by atoms with Crippen molar-refractivity contribution in [3.8, 4) is 11.1 Å². The van der Waals surface area contributed by atoms with E-state index in [9.17, 15) is 20.2 Å². The number of nitro groups is 2. The van der Waals surface area contributed by atoms with Crippen LogP contribution in [0.4, 0.5) is 11.4 Å². The number of fused-ring (bicyclic) bond motifs is 1. The molecule has 0 saturated carbocycles. The van der Waals surface area contributed by atoms with Crippen LogP contribution in [0.1, 0.15) is 0 Å². The van der Waals surface area contributed by atoms with Crippen LogP contribution in [0.5, 0.6) is 0 Å². The molecular weight excluding hydrogens is 278 g/mol. The van der Waals surface area contributed by atoms with Crippen LogP contribution in [0, 0.1) is 20.2 Å². The summed E-state index contributed by atoms with van der Waals surface area (Å²) in [5.41, 5.74) is 1.73. The van der Waals surface area contributed by atoms with Crippen LogP contribution in [-0.4, -0.2) is 25.3 Å². The van der Waals surface area contributed by atoms with E-state index >= 15 is 0 Å². The van der Waals surface area contributed by atoms with Gasteiger partial charge in [-0.3, -0.25) is 20.2 Å². The lowest BCUT2D eigenvalue weighted by Gasteiger charge is -2.02. The zero-order valence-corrected chi connectivity index (χ0v) is 10.4. The van der Waals surface area contributed by atoms with Crippen molar-refractivity contribution in [1.29, 1.82) is 0 Å². The Morgan fingerprint density at radius 2 is 1.57 bits per heavy atom. The number of hydrogen-bond donors (Lipinski definition) is 1. The maximum absolute atomic E-state index is 11.0. The highest BCUT2D eigenvalue weighted by Crippen LogP contribution is 2.31. The molecule has 9 nitrogen and oxygen atoms in total. The van der Waals surface area contributed by atoms with Gasteiger partial charge in [0.2, 0.25) is 0 Å². The molecule has 104 valence electrons. The van der Waals surface area contributed by atoms with Gasteiger partial charge in [0.1, 0.15) is 11.0 Å². The van der Waals surface area contributed by atoms with Crippen LogP contribution < -0.4 is 0 Å². The van der Waals surface area contributed by atoms with Gasteiger partial charge in [-0.2, -0.15) is 15.4 Å². The molecule has 0 unspecified atom stereocenters. The molecule has 0 fully saturated rings. The van der Waals surface area contributed by atoms with Gasteiger partial charge in [0.05, 0.1) is 9.85 Å². The Balaban J connectivity index is 2.20. The monoisotopic (exact) mass is 285 g/mol. The fourth-order valence-electron chi connectivity index (χ4n) is 2.02. The number of aromatic nitrogens is 3. The summed E-state index contributed by atoms with van der Waals surface area (Å²) in [5.74, 6) is 0. The number of nitrogens with one attached hydrogen (secondary N) is 1. The summed E-state index contributed by atoms with van der Waals surface area (Å²) in [6.45, 7) is 0. The summed E-state index contributed by atoms with van der Waals surface area (Å²) in [6.07, 6.45) is 0. The average Bonchev–Trinajstić information content (AvgIpc) is 2.94. The number of nitro benzene ring substituents is 2. The molecule has 0 radical (unpaired) electrons. The molecule has 0 saturated heterocycles. The topological polar surface area (TPSA) is 128 Å². The van der Waals surface area contributed by atoms with Crippen molar-refractivity contribution < 1.29 is 9.85 Å². The van der Waals surface area contributed by atoms with Gasteiger partial charge in [-0.25, -0.2) is 0 Å². The molecule has 0 amide bonds. The molecule has 3 rings (SSSR count). The summed E-state index contributed by atoms with van der Waals surface area (Å²) in [7, 11) is 0. The summed E-state index contributed by atoms with van der Waals surface area (Å²) in [4.78, 5) is 20.6. The maximum atomic E-state index is 11.0. The van der Waals surface area contributed by atoms with Gasteiger partial charge >= 0.3 is 0 Å². The first kappa shape index (κ1) is 12.7. The van der Waals surface area contributed by atoms with Crippen molar-refractivity contribution >= 4 is 22.4 Å². The fraction of sp³-hybridized carbons (Fsp3) is 0. The third kappa shape index (κ3) is 2.16. The van der Waals surface area contributed by atoms with Gasteiger partial charge in [-0.1, -0.05) is 0 Å². The molecule has 3 aromatic rings. The molecule has 9 heteroatoms. The molecule has 1 heterocycles. The predicted octanol–water partition coefficient (Wildman–Crippen LogP) is 2.44. The Morgan fingerprint density at radius 3 is 2.19 bits per heavy atom. The van der Waals surface area contributed by atoms with Gasteiger partial charge in [-0.15, -0.1) is 0 Å². The number of benzene rings is 2. The summed E-state index contributed by atoms with van der Waals surface area (Å²) in [6, 6.07) is 8.39. The molecule has 0 aliphatic heterocycles. The predicted molar refractivity (Wildman–Crippen MR) is 72.6 cm³/mol. The molecule has 1 N–H and O–H groups in total. The highest BCUT2D eigenvalue weighted by atomic mass is 16.6. The smallest absolute Gasteiger partial charge is 0.258 e. The second-order valence-electron chi connectivity index (χ2n) is 4.25. The zero-order valence-electron chi connectivity index (χ0n) is 10.4. The van der Waals surface area contributed by atoms with Crippen LogP contribution >= 0.6 is 0 Å². The Hall–Kier alpha value is -3.36. The number of non-ortho nitro benzene ring substituents is 2. The van der Waals surface area contributed by atoms with Crippen molar-refractivity contribution in [2.24, 2.45) is 0 Å². The normalized spacial score (nSPS) is 10.7. The molecule has 0 spiro atoms. The highest BCUT2D eigenvalue weighted by Gasteiger charge is 2.16. The van der Waals surface area contributed by atoms with E-state index in [2.05, 4.69) is 15.4 Å². The molecule has 2 aromatic carbocycles. The summed E-state index contributed by atoms with van der Waals surface area (Å²) < 4.78 is 0. The van der Waals surface area contributed by atoms with E-state index in [4.69, 9.17) is 0 Å². The minimum Gasteiger partial charge on any atom is -0.258 e. The number of H-pyrrole nitrogens is 1. The molecular formula is C12H7N5O4. The highest BCUT2D eigenvalue weighted by molar-refractivity contribution is 5.93. The minimum absolute atomic E-state index is 0.0550. The van der Waals surface area contributed by atoms with E-state index in [1.807, 2.05) is 0 Å². The molecule has 0 bridgehead atoms. The van der Waals surface area contributed by atoms with E-state index in [-0.39, 0.29) is 11.4 Å². The van der Waals surface area contributed by atoms with Crippen LogP contribution in [-0.2, 0) is 0 Å². The molecule has 1 aromatic heterocycles. The lowest BCUT2D eigenvalue weighted by molar-refractivity contribution is -0.384. The van der Waals surface area contributed by atoms with Gasteiger partial charge in [0, 0.05) is 29.8 Å². The number of hydrogen-bond acceptors (Lipinski definition) is 6. The number of nitrogens with zero attached hydrogens (tertiary/aromatic N) is 4. The first-order valence-corrected chi connectivity index (χ1v) is 5.80. The minimum atomic E-state index is -0.525. The standard InChI is InChI=1S/C12H7N5O4/c18-16(19)8-3-1-7(2-4-8)10-5-9(17(20)21)6-11-12(10)14-15-13-11/h1-6H,(H,13,14,15). The number of aromatic amines is 1. The Morgan fingerprint density at radius 1 is 0.905 bits per heavy atom. The first-order chi connectivity index (χ1) is 10.1. The van der Waals surface area contributed by atoms with Crippen LogP contribution in [0.2, 0.25) is 0 Å². The maximum Gasteiger partial charge on any atom is 0.272 e. The Bertz CT molecular complexity index is 856. The van der Waals surface area contributed by atoms with Crippen molar-refractivity contribution in [2.75, 3.05) is 0 Å². The third-order valence-corrected chi connectivity index (χ3v) is 3.01. The average molecular weight is 285 g/mol. The van der Waals surface area contributed by atoms with Crippen molar-refractivity contribution in [1.82, 2.24) is 15.4 Å². The lowest BCUT2D eigenvalue weighted by atomic mass is 10.0. The SMILES string of the molecule is O=[N+]([O-])c1ccc(-c2cc([N+](=O)[O-])cc3n[nH]nc23)cc1. The van der Waals surface area contributed by atoms with E-state index in [0.717, 1.165) is 0 Å². The van der Waals surface area contributed by atoms with E-state index in [1.54, 1.807) is 0 Å². The van der Waals surface area contributed by atoms with Crippen molar-refractivity contribution in [2.45, 2.75) is 0 Å². The van der Waals surface area contributed by atoms with Gasteiger partial charge in [0.15, 0.2) is 0 Å². The van der Waals surface area contributed by atoms with Gasteiger partial charge < -0.3 is 0 Å². The Kier molecular flexibility index (Phi) is 2.79. The largest absolute Gasteiger partial charge is 0.272 e.